The van der Waals surface area contributed by atoms with Gasteiger partial charge in [-0.1, -0.05) is 0 Å². The van der Waals surface area contributed by atoms with Crippen LogP contribution in [0.25, 0.3) is 0 Å². The highest BCUT2D eigenvalue weighted by molar-refractivity contribution is 7.67. The highest BCUT2D eigenvalue weighted by atomic mass is 31.3. The fraction of sp³-hybridized carbons (Fsp3) is 1.00. The molecule has 1 atom stereocenters. The van der Waals surface area contributed by atoms with Crippen LogP contribution in [0.4, 0.5) is 0 Å². The van der Waals surface area contributed by atoms with E-state index in [4.69, 9.17) is 33.5 Å². The van der Waals surface area contributed by atoms with Crippen LogP contribution >= 0.6 is 8.79 Å². The summed E-state index contributed by atoms with van der Waals surface area (Å²) in [5.74, 6) is 0. The van der Waals surface area contributed by atoms with Gasteiger partial charge >= 0.3 is 27.6 Å². The van der Waals surface area contributed by atoms with Gasteiger partial charge in [0.15, 0.2) is 16.6 Å². The summed E-state index contributed by atoms with van der Waals surface area (Å²) in [4.78, 5) is 0. The second-order valence-electron chi connectivity index (χ2n) is 8.10. The Kier molecular flexibility index (Phi) is 6.42. The van der Waals surface area contributed by atoms with E-state index in [-0.39, 0.29) is 6.79 Å². The number of rotatable bonds is 8. The molecular weight excluding hydrogens is 436 g/mol. The zero-order valence-electron chi connectivity index (χ0n) is 15.6. The molecule has 1 unspecified atom stereocenters. The first-order valence-electron chi connectivity index (χ1n) is 7.72. The van der Waals surface area contributed by atoms with E-state index in [0.717, 1.165) is 0 Å². The lowest BCUT2D eigenvalue weighted by Gasteiger charge is -2.54. The van der Waals surface area contributed by atoms with Gasteiger partial charge in [-0.2, -0.15) is 0 Å². The molecular formula is C9H28O8PSi6. The Morgan fingerprint density at radius 1 is 0.833 bits per heavy atom. The minimum absolute atomic E-state index is 0.133. The van der Waals surface area contributed by atoms with Crippen molar-refractivity contribution in [2.75, 3.05) is 6.79 Å². The van der Waals surface area contributed by atoms with Crippen molar-refractivity contribution in [1.29, 1.82) is 0 Å². The summed E-state index contributed by atoms with van der Waals surface area (Å²) < 4.78 is 47.0. The first-order chi connectivity index (χ1) is 10.6. The van der Waals surface area contributed by atoms with Crippen LogP contribution in [0.2, 0.25) is 52.4 Å². The molecule has 0 amide bonds. The second kappa shape index (κ2) is 7.10. The van der Waals surface area contributed by atoms with Gasteiger partial charge in [-0.15, -0.1) is 8.79 Å². The van der Waals surface area contributed by atoms with Crippen molar-refractivity contribution in [3.8, 4) is 0 Å². The molecule has 3 fully saturated rings. The first-order valence-corrected chi connectivity index (χ1v) is 23.7. The lowest BCUT2D eigenvalue weighted by atomic mass is 11.6. The van der Waals surface area contributed by atoms with Gasteiger partial charge in [0.1, 0.15) is 6.79 Å². The van der Waals surface area contributed by atoms with Gasteiger partial charge in [0, 0.05) is 0 Å². The number of hydrogen-bond acceptors (Lipinski definition) is 8. The minimum atomic E-state index is -3.21. The average Bonchev–Trinajstić information content (AvgIpc) is 2.18. The standard InChI is InChI=1S/C9H28O8PSi6/c1-20(2,3)11-9-10-19-12-23(14-21(4,5)6)16-24(13-19,17-23)15-22(7,8)18/h9,18H2,1-8H3. The Bertz CT molecular complexity index is 426. The molecule has 2 bridgehead atoms. The Hall–Kier alpha value is 1.41. The van der Waals surface area contributed by atoms with Crippen LogP contribution in [0.5, 0.6) is 0 Å². The van der Waals surface area contributed by atoms with Crippen LogP contribution in [-0.2, 0) is 33.5 Å². The van der Waals surface area contributed by atoms with E-state index in [1.165, 1.54) is 0 Å². The third-order valence-electron chi connectivity index (χ3n) is 2.40. The fourth-order valence-electron chi connectivity index (χ4n) is 1.76. The van der Waals surface area contributed by atoms with Gasteiger partial charge in [-0.25, -0.2) is 0 Å². The largest absolute Gasteiger partial charge is 0.650 e. The summed E-state index contributed by atoms with van der Waals surface area (Å²) in [5.41, 5.74) is 0. The summed E-state index contributed by atoms with van der Waals surface area (Å²) in [6, 6.07) is 0. The smallest absolute Gasteiger partial charge is 0.396 e. The van der Waals surface area contributed by atoms with Gasteiger partial charge in [-0.3, -0.25) is 0 Å². The van der Waals surface area contributed by atoms with Crippen molar-refractivity contribution in [2.45, 2.75) is 52.4 Å². The highest BCUT2D eigenvalue weighted by Crippen LogP contribution is 2.43. The van der Waals surface area contributed by atoms with Crippen molar-refractivity contribution in [1.82, 2.24) is 0 Å². The van der Waals surface area contributed by atoms with Crippen LogP contribution in [0.15, 0.2) is 0 Å². The van der Waals surface area contributed by atoms with Crippen molar-refractivity contribution in [3.63, 3.8) is 0 Å². The second-order valence-corrected chi connectivity index (χ2v) is 31.9. The van der Waals surface area contributed by atoms with Gasteiger partial charge < -0.3 is 33.5 Å². The van der Waals surface area contributed by atoms with E-state index in [0.29, 0.717) is 0 Å². The maximum atomic E-state index is 6.06. The maximum absolute atomic E-state index is 6.06. The maximum Gasteiger partial charge on any atom is 0.650 e. The minimum Gasteiger partial charge on any atom is -0.396 e. The van der Waals surface area contributed by atoms with Crippen molar-refractivity contribution in [2.24, 2.45) is 0 Å². The third kappa shape index (κ3) is 6.54. The molecule has 0 N–H and O–H groups in total. The predicted octanol–water partition coefficient (Wildman–Crippen LogP) is 2.21. The van der Waals surface area contributed by atoms with E-state index in [1.807, 2.05) is 13.1 Å². The first kappa shape index (κ1) is 21.7. The molecule has 15 heteroatoms. The number of hydrogen-bond donors (Lipinski definition) is 0. The quantitative estimate of drug-likeness (QED) is 0.308. The van der Waals surface area contributed by atoms with E-state index in [2.05, 4.69) is 48.1 Å². The summed E-state index contributed by atoms with van der Waals surface area (Å²) in [7, 11) is -11.3. The van der Waals surface area contributed by atoms with Gasteiger partial charge in [0.25, 0.3) is 0 Å². The van der Waals surface area contributed by atoms with Gasteiger partial charge in [-0.05, 0) is 52.4 Å². The van der Waals surface area contributed by atoms with Crippen molar-refractivity contribution >= 4 is 61.0 Å². The summed E-state index contributed by atoms with van der Waals surface area (Å²) in [6.45, 7) is 16.6. The summed E-state index contributed by atoms with van der Waals surface area (Å²) >= 11 is 0. The van der Waals surface area contributed by atoms with Crippen LogP contribution in [0, 0.1) is 0 Å². The zero-order valence-corrected chi connectivity index (χ0v) is 22.7. The fourth-order valence-corrected chi connectivity index (χ4v) is 19.9. The molecule has 3 saturated heterocycles. The molecule has 141 valence electrons. The molecule has 3 heterocycles. The molecule has 0 saturated carbocycles. The number of fused-ring (bicyclic) bond motifs is 2. The Morgan fingerprint density at radius 2 is 1.33 bits per heavy atom. The van der Waals surface area contributed by atoms with Crippen LogP contribution in [0.3, 0.4) is 0 Å². The lowest BCUT2D eigenvalue weighted by Crippen LogP contribution is -2.85. The summed E-state index contributed by atoms with van der Waals surface area (Å²) in [6.07, 6.45) is 0. The SMILES string of the molecule is C[Si](C)(C)OCO[Si]1O[Si]2(O[Si](C)(C)C)O[Si](O[Si](C)(C)P)(O1)O2. The van der Waals surface area contributed by atoms with E-state index >= 15 is 0 Å². The molecule has 0 spiro atoms. The van der Waals surface area contributed by atoms with Crippen LogP contribution in [-0.4, -0.2) is 59.0 Å². The van der Waals surface area contributed by atoms with Crippen molar-refractivity contribution in [3.05, 3.63) is 0 Å². The monoisotopic (exact) mass is 463 g/mol. The van der Waals surface area contributed by atoms with E-state index in [1.54, 1.807) is 0 Å². The lowest BCUT2D eigenvalue weighted by molar-refractivity contribution is -0.0881. The predicted molar refractivity (Wildman–Crippen MR) is 105 cm³/mol. The third-order valence-corrected chi connectivity index (χ3v) is 18.7. The normalized spacial score (nSPS) is 31.9. The molecule has 0 aromatic carbocycles. The van der Waals surface area contributed by atoms with Crippen LogP contribution < -0.4 is 0 Å². The Balaban J connectivity index is 2.03. The van der Waals surface area contributed by atoms with Crippen molar-refractivity contribution < 1.29 is 33.5 Å². The van der Waals surface area contributed by atoms with E-state index in [9.17, 15) is 0 Å². The molecule has 0 aromatic rings. The molecule has 0 aliphatic carbocycles. The van der Waals surface area contributed by atoms with Gasteiger partial charge in [0.2, 0.25) is 7.98 Å². The van der Waals surface area contributed by atoms with Gasteiger partial charge in [0.05, 0.1) is 0 Å². The highest BCUT2D eigenvalue weighted by Gasteiger charge is 2.81. The average molecular weight is 464 g/mol. The molecule has 3 aliphatic heterocycles. The summed E-state index contributed by atoms with van der Waals surface area (Å²) in [5, 5.41) is 0. The topological polar surface area (TPSA) is 73.8 Å². The molecule has 3 rings (SSSR count). The molecule has 0 aromatic heterocycles. The molecule has 8 nitrogen and oxygen atoms in total. The molecule has 3 aliphatic rings. The molecule has 1 radical (unpaired) electrons. The van der Waals surface area contributed by atoms with E-state index < -0.39 is 52.2 Å². The zero-order chi connectivity index (χ0) is 18.4. The Morgan fingerprint density at radius 3 is 1.75 bits per heavy atom. The Labute approximate surface area is 153 Å². The van der Waals surface area contributed by atoms with Crippen LogP contribution in [0.1, 0.15) is 0 Å². The molecule has 24 heavy (non-hydrogen) atoms.